The molecule has 0 atom stereocenters. The van der Waals surface area contributed by atoms with Crippen LogP contribution in [-0.4, -0.2) is 78.6 Å². The van der Waals surface area contributed by atoms with Crippen LogP contribution in [0.3, 0.4) is 0 Å². The second-order valence-electron chi connectivity index (χ2n) is 7.71. The van der Waals surface area contributed by atoms with Crippen molar-refractivity contribution in [3.05, 3.63) is 29.8 Å². The summed E-state index contributed by atoms with van der Waals surface area (Å²) in [5, 5.41) is 2.70. The van der Waals surface area contributed by atoms with E-state index in [1.165, 1.54) is 9.21 Å². The summed E-state index contributed by atoms with van der Waals surface area (Å²) >= 11 is 0. The number of nitrogens with zero attached hydrogens (tertiary/aromatic N) is 3. The zero-order valence-corrected chi connectivity index (χ0v) is 18.4. The molecule has 2 fully saturated rings. The fourth-order valence-electron chi connectivity index (χ4n) is 3.82. The maximum absolute atomic E-state index is 12.8. The number of hydrogen-bond donors (Lipinski definition) is 1. The summed E-state index contributed by atoms with van der Waals surface area (Å²) in [7, 11) is -3.62. The lowest BCUT2D eigenvalue weighted by Crippen LogP contribution is -2.53. The van der Waals surface area contributed by atoms with Gasteiger partial charge in [0.05, 0.1) is 4.90 Å². The third-order valence-electron chi connectivity index (χ3n) is 6.00. The van der Waals surface area contributed by atoms with Gasteiger partial charge in [-0.1, -0.05) is 31.5 Å². The molecule has 1 N–H and O–H groups in total. The van der Waals surface area contributed by atoms with Crippen molar-refractivity contribution in [1.29, 1.82) is 0 Å². The number of amides is 4. The Hall–Kier alpha value is -2.46. The van der Waals surface area contributed by atoms with Crippen LogP contribution in [0.2, 0.25) is 0 Å². The number of aryl methyl sites for hydroxylation is 1. The highest BCUT2D eigenvalue weighted by Gasteiger charge is 2.49. The first kappa shape index (κ1) is 22.2. The standard InChI is InChI=1S/C20H28N4O5S/c1-4-20(5-2)18(26)24(19(27)21-20)14-17(25)22-10-12-23(13-11-22)30(28,29)16-8-6-15(3)7-9-16/h6-9H,4-5,10-14H2,1-3H3,(H,21,27). The molecule has 1 aromatic carbocycles. The quantitative estimate of drug-likeness (QED) is 0.668. The fraction of sp³-hybridized carbons (Fsp3) is 0.550. The molecule has 0 saturated carbocycles. The lowest BCUT2D eigenvalue weighted by atomic mass is 9.93. The molecular weight excluding hydrogens is 408 g/mol. The number of urea groups is 1. The molecule has 0 aliphatic carbocycles. The summed E-state index contributed by atoms with van der Waals surface area (Å²) in [5.41, 5.74) is 0.0260. The predicted octanol–water partition coefficient (Wildman–Crippen LogP) is 0.939. The van der Waals surface area contributed by atoms with Crippen LogP contribution >= 0.6 is 0 Å². The Bertz CT molecular complexity index is 932. The lowest BCUT2D eigenvalue weighted by Gasteiger charge is -2.34. The molecule has 1 aromatic rings. The second kappa shape index (κ2) is 8.35. The van der Waals surface area contributed by atoms with Gasteiger partial charge in [-0.3, -0.25) is 14.5 Å². The van der Waals surface area contributed by atoms with E-state index in [2.05, 4.69) is 5.32 Å². The molecule has 2 aliphatic heterocycles. The van der Waals surface area contributed by atoms with E-state index in [1.54, 1.807) is 24.3 Å². The molecule has 164 valence electrons. The second-order valence-corrected chi connectivity index (χ2v) is 9.65. The van der Waals surface area contributed by atoms with Crippen molar-refractivity contribution < 1.29 is 22.8 Å². The van der Waals surface area contributed by atoms with E-state index < -0.39 is 21.6 Å². The van der Waals surface area contributed by atoms with Gasteiger partial charge < -0.3 is 10.2 Å². The average molecular weight is 437 g/mol. The maximum Gasteiger partial charge on any atom is 0.325 e. The van der Waals surface area contributed by atoms with E-state index in [0.717, 1.165) is 10.5 Å². The Balaban J connectivity index is 1.61. The topological polar surface area (TPSA) is 107 Å². The summed E-state index contributed by atoms with van der Waals surface area (Å²) in [4.78, 5) is 40.3. The van der Waals surface area contributed by atoms with Crippen molar-refractivity contribution in [2.75, 3.05) is 32.7 Å². The Kier molecular flexibility index (Phi) is 6.19. The molecule has 4 amide bonds. The van der Waals surface area contributed by atoms with Gasteiger partial charge in [-0.05, 0) is 31.9 Å². The van der Waals surface area contributed by atoms with Crippen molar-refractivity contribution in [3.63, 3.8) is 0 Å². The van der Waals surface area contributed by atoms with Crippen molar-refractivity contribution in [2.24, 2.45) is 0 Å². The van der Waals surface area contributed by atoms with Gasteiger partial charge in [0.2, 0.25) is 15.9 Å². The number of carbonyl (C=O) groups is 3. The zero-order chi connectivity index (χ0) is 22.1. The molecule has 3 rings (SSSR count). The molecule has 10 heteroatoms. The number of nitrogens with one attached hydrogen (secondary N) is 1. The van der Waals surface area contributed by atoms with Crippen molar-refractivity contribution >= 4 is 27.9 Å². The predicted molar refractivity (Wildman–Crippen MR) is 110 cm³/mol. The van der Waals surface area contributed by atoms with Gasteiger partial charge in [0.15, 0.2) is 0 Å². The van der Waals surface area contributed by atoms with Crippen LogP contribution in [0.1, 0.15) is 32.3 Å². The highest BCUT2D eigenvalue weighted by Crippen LogP contribution is 2.25. The smallest absolute Gasteiger partial charge is 0.325 e. The van der Waals surface area contributed by atoms with Gasteiger partial charge in [0.25, 0.3) is 5.91 Å². The van der Waals surface area contributed by atoms with Gasteiger partial charge in [0.1, 0.15) is 12.1 Å². The first-order valence-corrected chi connectivity index (χ1v) is 11.6. The molecule has 2 saturated heterocycles. The van der Waals surface area contributed by atoms with Crippen LogP contribution < -0.4 is 5.32 Å². The molecule has 2 heterocycles. The zero-order valence-electron chi connectivity index (χ0n) is 17.6. The number of hydrogen-bond acceptors (Lipinski definition) is 5. The van der Waals surface area contributed by atoms with E-state index in [4.69, 9.17) is 0 Å². The minimum atomic E-state index is -3.62. The molecule has 30 heavy (non-hydrogen) atoms. The molecule has 0 aromatic heterocycles. The summed E-state index contributed by atoms with van der Waals surface area (Å²) in [6.07, 6.45) is 0.905. The van der Waals surface area contributed by atoms with Crippen LogP contribution in [-0.2, 0) is 19.6 Å². The summed E-state index contributed by atoms with van der Waals surface area (Å²) in [5.74, 6) is -0.750. The first-order chi connectivity index (χ1) is 14.1. The Morgan fingerprint density at radius 2 is 1.60 bits per heavy atom. The van der Waals surface area contributed by atoms with Gasteiger partial charge in [-0.15, -0.1) is 0 Å². The average Bonchev–Trinajstić information content (AvgIpc) is 2.98. The minimum Gasteiger partial charge on any atom is -0.338 e. The van der Waals surface area contributed by atoms with Crippen molar-refractivity contribution in [3.8, 4) is 0 Å². The van der Waals surface area contributed by atoms with Gasteiger partial charge in [-0.25, -0.2) is 13.2 Å². The Morgan fingerprint density at radius 1 is 1.03 bits per heavy atom. The molecule has 0 unspecified atom stereocenters. The van der Waals surface area contributed by atoms with E-state index in [1.807, 2.05) is 20.8 Å². The molecule has 9 nitrogen and oxygen atoms in total. The largest absolute Gasteiger partial charge is 0.338 e. The minimum absolute atomic E-state index is 0.163. The number of rotatable bonds is 6. The summed E-state index contributed by atoms with van der Waals surface area (Å²) in [6, 6.07) is 6.09. The van der Waals surface area contributed by atoms with Crippen LogP contribution in [0.15, 0.2) is 29.2 Å². The van der Waals surface area contributed by atoms with Crippen LogP contribution in [0.25, 0.3) is 0 Å². The van der Waals surface area contributed by atoms with E-state index in [-0.39, 0.29) is 49.4 Å². The number of carbonyl (C=O) groups excluding carboxylic acids is 3. The maximum atomic E-state index is 12.8. The Morgan fingerprint density at radius 3 is 2.10 bits per heavy atom. The third kappa shape index (κ3) is 3.93. The van der Waals surface area contributed by atoms with Crippen LogP contribution in [0, 0.1) is 6.92 Å². The highest BCUT2D eigenvalue weighted by molar-refractivity contribution is 7.89. The van der Waals surface area contributed by atoms with Crippen LogP contribution in [0.4, 0.5) is 4.79 Å². The van der Waals surface area contributed by atoms with Crippen LogP contribution in [0.5, 0.6) is 0 Å². The molecule has 2 aliphatic rings. The van der Waals surface area contributed by atoms with Crippen molar-refractivity contribution in [1.82, 2.24) is 19.4 Å². The van der Waals surface area contributed by atoms with Crippen molar-refractivity contribution in [2.45, 2.75) is 44.0 Å². The monoisotopic (exact) mass is 436 g/mol. The number of sulfonamides is 1. The first-order valence-electron chi connectivity index (χ1n) is 10.1. The molecular formula is C20H28N4O5S. The lowest BCUT2D eigenvalue weighted by molar-refractivity contribution is -0.139. The highest BCUT2D eigenvalue weighted by atomic mass is 32.2. The Labute approximate surface area is 177 Å². The summed E-state index contributed by atoms with van der Waals surface area (Å²) < 4.78 is 26.9. The third-order valence-corrected chi connectivity index (χ3v) is 7.91. The molecule has 0 bridgehead atoms. The fourth-order valence-corrected chi connectivity index (χ4v) is 5.24. The molecule has 0 spiro atoms. The van der Waals surface area contributed by atoms with Gasteiger partial charge in [0, 0.05) is 26.2 Å². The van der Waals surface area contributed by atoms with Gasteiger partial charge >= 0.3 is 6.03 Å². The van der Waals surface area contributed by atoms with E-state index in [0.29, 0.717) is 12.8 Å². The number of benzene rings is 1. The normalized spacial score (nSPS) is 19.8. The van der Waals surface area contributed by atoms with E-state index in [9.17, 15) is 22.8 Å². The number of imide groups is 1. The SMILES string of the molecule is CCC1(CC)NC(=O)N(CC(=O)N2CCN(S(=O)(=O)c3ccc(C)cc3)CC2)C1=O. The summed E-state index contributed by atoms with van der Waals surface area (Å²) in [6.45, 7) is 5.93. The van der Waals surface area contributed by atoms with E-state index >= 15 is 0 Å². The number of piperazine rings is 1. The molecule has 0 radical (unpaired) electrons. The van der Waals surface area contributed by atoms with Gasteiger partial charge in [-0.2, -0.15) is 4.31 Å².